The Bertz CT molecular complexity index is 763. The lowest BCUT2D eigenvalue weighted by Crippen LogP contribution is -2.38. The van der Waals surface area contributed by atoms with Crippen LogP contribution in [0.1, 0.15) is 18.4 Å². The van der Waals surface area contributed by atoms with Crippen molar-refractivity contribution in [2.45, 2.75) is 25.3 Å². The van der Waals surface area contributed by atoms with Gasteiger partial charge in [0.25, 0.3) is 0 Å². The van der Waals surface area contributed by atoms with Crippen LogP contribution in [0.4, 0.5) is 0 Å². The van der Waals surface area contributed by atoms with Gasteiger partial charge < -0.3 is 20.1 Å². The maximum absolute atomic E-state index is 12.0. The molecule has 2 rings (SSSR count). The van der Waals surface area contributed by atoms with Crippen LogP contribution in [0.3, 0.4) is 0 Å². The van der Waals surface area contributed by atoms with Crippen molar-refractivity contribution in [3.05, 3.63) is 23.8 Å². The number of hydrogen-bond donors (Lipinski definition) is 2. The Labute approximate surface area is 153 Å². The highest BCUT2D eigenvalue weighted by atomic mass is 32.2. The second kappa shape index (κ2) is 8.88. The van der Waals surface area contributed by atoms with E-state index in [0.717, 1.165) is 0 Å². The highest BCUT2D eigenvalue weighted by Gasteiger charge is 2.28. The fraction of sp³-hybridized carbons (Fsp3) is 0.529. The van der Waals surface area contributed by atoms with E-state index in [1.807, 2.05) is 0 Å². The van der Waals surface area contributed by atoms with Gasteiger partial charge in [-0.2, -0.15) is 0 Å². The minimum absolute atomic E-state index is 0.0115. The molecule has 0 spiro atoms. The summed E-state index contributed by atoms with van der Waals surface area (Å²) in [6, 6.07) is 4.87. The van der Waals surface area contributed by atoms with E-state index in [9.17, 15) is 18.0 Å². The average molecular weight is 384 g/mol. The van der Waals surface area contributed by atoms with Crippen LogP contribution in [-0.2, 0) is 25.8 Å². The predicted octanol–water partition coefficient (Wildman–Crippen LogP) is 0.0559. The second-order valence-corrected chi connectivity index (χ2v) is 8.35. The van der Waals surface area contributed by atoms with E-state index >= 15 is 0 Å². The number of carbonyl (C=O) groups excluding carboxylic acids is 2. The van der Waals surface area contributed by atoms with Crippen molar-refractivity contribution < 1.29 is 27.5 Å². The molecule has 0 unspecified atom stereocenters. The first-order valence-electron chi connectivity index (χ1n) is 8.30. The molecule has 0 radical (unpaired) electrons. The molecule has 0 aliphatic carbocycles. The van der Waals surface area contributed by atoms with Crippen LogP contribution in [0.15, 0.2) is 18.2 Å². The Morgan fingerprint density at radius 3 is 2.58 bits per heavy atom. The third-order valence-corrected chi connectivity index (χ3v) is 5.88. The molecule has 1 aliphatic heterocycles. The maximum Gasteiger partial charge on any atom is 0.224 e. The lowest BCUT2D eigenvalue weighted by atomic mass is 10.1. The molecule has 0 saturated carbocycles. The van der Waals surface area contributed by atoms with Crippen molar-refractivity contribution in [1.82, 2.24) is 10.6 Å². The Morgan fingerprint density at radius 1 is 1.19 bits per heavy atom. The first-order chi connectivity index (χ1) is 12.3. The van der Waals surface area contributed by atoms with Gasteiger partial charge >= 0.3 is 0 Å². The number of methoxy groups -OCH3 is 2. The Balaban J connectivity index is 1.74. The molecule has 2 amide bonds. The summed E-state index contributed by atoms with van der Waals surface area (Å²) in [5, 5.41) is 5.36. The van der Waals surface area contributed by atoms with Crippen LogP contribution < -0.4 is 20.1 Å². The van der Waals surface area contributed by atoms with E-state index in [-0.39, 0.29) is 48.7 Å². The van der Waals surface area contributed by atoms with E-state index in [4.69, 9.17) is 9.47 Å². The molecule has 1 atom stereocenters. The Morgan fingerprint density at radius 2 is 1.96 bits per heavy atom. The van der Waals surface area contributed by atoms with Crippen LogP contribution in [0.25, 0.3) is 0 Å². The van der Waals surface area contributed by atoms with E-state index in [1.165, 1.54) is 7.11 Å². The highest BCUT2D eigenvalue weighted by Crippen LogP contribution is 2.24. The zero-order valence-electron chi connectivity index (χ0n) is 14.9. The lowest BCUT2D eigenvalue weighted by Gasteiger charge is -2.12. The molecule has 1 aromatic rings. The van der Waals surface area contributed by atoms with Crippen LogP contribution in [0.2, 0.25) is 0 Å². The van der Waals surface area contributed by atoms with Crippen molar-refractivity contribution in [2.24, 2.45) is 0 Å². The summed E-state index contributed by atoms with van der Waals surface area (Å²) in [5.41, 5.74) is 0.714. The van der Waals surface area contributed by atoms with Crippen LogP contribution in [0.5, 0.6) is 11.5 Å². The Kier molecular flexibility index (Phi) is 6.84. The van der Waals surface area contributed by atoms with Gasteiger partial charge in [0, 0.05) is 30.6 Å². The van der Waals surface area contributed by atoms with Crippen LogP contribution in [0, 0.1) is 0 Å². The molecule has 1 aromatic carbocycles. The van der Waals surface area contributed by atoms with Gasteiger partial charge in [-0.15, -0.1) is 0 Å². The summed E-state index contributed by atoms with van der Waals surface area (Å²) in [6.45, 7) is 0.183. The molecule has 0 aromatic heterocycles. The molecule has 144 valence electrons. The van der Waals surface area contributed by atoms with Crippen LogP contribution in [-0.4, -0.2) is 58.5 Å². The summed E-state index contributed by atoms with van der Waals surface area (Å²) in [6.07, 6.45) is 0.662. The minimum atomic E-state index is -3.03. The molecule has 9 heteroatoms. The topological polar surface area (TPSA) is 111 Å². The number of amides is 2. The molecule has 1 aliphatic rings. The fourth-order valence-electron chi connectivity index (χ4n) is 2.76. The predicted molar refractivity (Wildman–Crippen MR) is 96.1 cm³/mol. The largest absolute Gasteiger partial charge is 0.497 e. The fourth-order valence-corrected chi connectivity index (χ4v) is 4.43. The van der Waals surface area contributed by atoms with Crippen molar-refractivity contribution in [1.29, 1.82) is 0 Å². The van der Waals surface area contributed by atoms with Crippen molar-refractivity contribution in [2.75, 3.05) is 32.3 Å². The molecule has 0 bridgehead atoms. The maximum atomic E-state index is 12.0. The van der Waals surface area contributed by atoms with Gasteiger partial charge in [-0.05, 0) is 12.5 Å². The minimum Gasteiger partial charge on any atom is -0.497 e. The molecule has 8 nitrogen and oxygen atoms in total. The number of sulfone groups is 1. The second-order valence-electron chi connectivity index (χ2n) is 6.12. The molecular formula is C17H24N2O6S. The van der Waals surface area contributed by atoms with Gasteiger partial charge in [0.05, 0.1) is 32.1 Å². The molecule has 1 heterocycles. The first-order valence-corrected chi connectivity index (χ1v) is 10.1. The van der Waals surface area contributed by atoms with E-state index in [0.29, 0.717) is 23.5 Å². The van der Waals surface area contributed by atoms with E-state index in [1.54, 1.807) is 25.3 Å². The summed E-state index contributed by atoms with van der Waals surface area (Å²) < 4.78 is 33.1. The zero-order chi connectivity index (χ0) is 19.2. The van der Waals surface area contributed by atoms with Crippen molar-refractivity contribution in [3.8, 4) is 11.5 Å². The first kappa shape index (κ1) is 20.0. The number of benzene rings is 1. The summed E-state index contributed by atoms with van der Waals surface area (Å²) >= 11 is 0. The van der Waals surface area contributed by atoms with Crippen molar-refractivity contribution >= 4 is 21.7 Å². The van der Waals surface area contributed by atoms with Gasteiger partial charge in [0.15, 0.2) is 9.84 Å². The van der Waals surface area contributed by atoms with E-state index in [2.05, 4.69) is 10.6 Å². The van der Waals surface area contributed by atoms with Gasteiger partial charge in [0.1, 0.15) is 11.5 Å². The summed E-state index contributed by atoms with van der Waals surface area (Å²) in [4.78, 5) is 23.9. The third kappa shape index (κ3) is 5.91. The van der Waals surface area contributed by atoms with Gasteiger partial charge in [-0.1, -0.05) is 6.07 Å². The van der Waals surface area contributed by atoms with Crippen LogP contribution >= 0.6 is 0 Å². The third-order valence-electron chi connectivity index (χ3n) is 4.12. The van der Waals surface area contributed by atoms with Gasteiger partial charge in [0.2, 0.25) is 11.8 Å². The molecule has 1 fully saturated rings. The quantitative estimate of drug-likeness (QED) is 0.656. The number of ether oxygens (including phenoxy) is 2. The Hall–Kier alpha value is -2.29. The number of hydrogen-bond acceptors (Lipinski definition) is 6. The highest BCUT2D eigenvalue weighted by molar-refractivity contribution is 7.91. The zero-order valence-corrected chi connectivity index (χ0v) is 15.7. The van der Waals surface area contributed by atoms with Gasteiger partial charge in [-0.3, -0.25) is 9.59 Å². The average Bonchev–Trinajstić information content (AvgIpc) is 2.93. The number of rotatable bonds is 8. The molecule has 2 N–H and O–H groups in total. The normalized spacial score (nSPS) is 18.2. The SMILES string of the molecule is COc1ccc(CC(=O)NCCC(=O)N[C@@H]2CCS(=O)(=O)C2)c(OC)c1. The summed E-state index contributed by atoms with van der Waals surface area (Å²) in [5.74, 6) is 0.788. The monoisotopic (exact) mass is 384 g/mol. The van der Waals surface area contributed by atoms with Crippen molar-refractivity contribution in [3.63, 3.8) is 0 Å². The molecular weight excluding hydrogens is 360 g/mol. The smallest absolute Gasteiger partial charge is 0.224 e. The molecule has 1 saturated heterocycles. The number of nitrogens with one attached hydrogen (secondary N) is 2. The lowest BCUT2D eigenvalue weighted by molar-refractivity contribution is -0.122. The number of carbonyl (C=O) groups is 2. The van der Waals surface area contributed by atoms with Gasteiger partial charge in [-0.25, -0.2) is 8.42 Å². The van der Waals surface area contributed by atoms with E-state index < -0.39 is 9.84 Å². The molecule has 26 heavy (non-hydrogen) atoms. The standard InChI is InChI=1S/C17H24N2O6S/c1-24-14-4-3-12(15(10-14)25-2)9-17(21)18-7-5-16(20)19-13-6-8-26(22,23)11-13/h3-4,10,13H,5-9,11H2,1-2H3,(H,18,21)(H,19,20)/t13-/m1/s1. The summed E-state index contributed by atoms with van der Waals surface area (Å²) in [7, 11) is 0.0398.